The first-order valence-electron chi connectivity index (χ1n) is 9.84. The lowest BCUT2D eigenvalue weighted by atomic mass is 10.0. The highest BCUT2D eigenvalue weighted by Gasteiger charge is 2.21. The molecule has 1 aliphatic carbocycles. The first-order chi connectivity index (χ1) is 13.7. The third-order valence-electron chi connectivity index (χ3n) is 4.95. The van der Waals surface area contributed by atoms with Crippen molar-refractivity contribution in [2.24, 2.45) is 0 Å². The number of benzene rings is 2. The largest absolute Gasteiger partial charge is 0.367 e. The number of anilines is 1. The molecule has 28 heavy (non-hydrogen) atoms. The molecule has 2 aromatic carbocycles. The quantitative estimate of drug-likeness (QED) is 0.630. The van der Waals surface area contributed by atoms with E-state index in [1.165, 1.54) is 18.4 Å². The summed E-state index contributed by atoms with van der Waals surface area (Å²) >= 11 is 0. The number of amides is 1. The Morgan fingerprint density at radius 1 is 0.964 bits per heavy atom. The van der Waals surface area contributed by atoms with Crippen molar-refractivity contribution in [2.45, 2.75) is 38.3 Å². The number of hydrogen-bond acceptors (Lipinski definition) is 3. The Balaban J connectivity index is 1.34. The molecule has 3 aromatic rings. The third-order valence-corrected chi connectivity index (χ3v) is 4.95. The van der Waals surface area contributed by atoms with Gasteiger partial charge in [0.15, 0.2) is 0 Å². The Morgan fingerprint density at radius 2 is 1.68 bits per heavy atom. The highest BCUT2D eigenvalue weighted by molar-refractivity contribution is 5.79. The highest BCUT2D eigenvalue weighted by atomic mass is 16.1. The van der Waals surface area contributed by atoms with E-state index in [0.717, 1.165) is 22.6 Å². The molecule has 4 heteroatoms. The van der Waals surface area contributed by atoms with Crippen LogP contribution >= 0.6 is 0 Å². The highest BCUT2D eigenvalue weighted by Crippen LogP contribution is 2.24. The van der Waals surface area contributed by atoms with Crippen LogP contribution in [0.15, 0.2) is 72.8 Å². The van der Waals surface area contributed by atoms with Crippen molar-refractivity contribution < 1.29 is 4.79 Å². The molecule has 1 aromatic heterocycles. The lowest BCUT2D eigenvalue weighted by Gasteiger charge is -2.15. The molecule has 0 saturated heterocycles. The molecule has 1 saturated carbocycles. The van der Waals surface area contributed by atoms with Crippen LogP contribution in [-0.2, 0) is 11.2 Å². The molecule has 1 aliphatic rings. The second-order valence-electron chi connectivity index (χ2n) is 7.40. The molecular formula is C24H25N3O. The molecule has 1 amide bonds. The summed E-state index contributed by atoms with van der Waals surface area (Å²) in [5, 5.41) is 6.46. The summed E-state index contributed by atoms with van der Waals surface area (Å²) in [6, 6.07) is 24.8. The van der Waals surface area contributed by atoms with E-state index in [0.29, 0.717) is 12.5 Å². The smallest absolute Gasteiger partial charge is 0.224 e. The zero-order valence-corrected chi connectivity index (χ0v) is 16.1. The van der Waals surface area contributed by atoms with Crippen molar-refractivity contribution in [1.29, 1.82) is 0 Å². The number of carbonyl (C=O) groups is 1. The summed E-state index contributed by atoms with van der Waals surface area (Å²) < 4.78 is 0. The van der Waals surface area contributed by atoms with E-state index < -0.39 is 0 Å². The van der Waals surface area contributed by atoms with Crippen molar-refractivity contribution >= 4 is 11.7 Å². The van der Waals surface area contributed by atoms with Gasteiger partial charge in [-0.15, -0.1) is 0 Å². The van der Waals surface area contributed by atoms with Gasteiger partial charge in [0, 0.05) is 6.04 Å². The monoisotopic (exact) mass is 371 g/mol. The third kappa shape index (κ3) is 4.77. The van der Waals surface area contributed by atoms with Gasteiger partial charge in [0.25, 0.3) is 0 Å². The fourth-order valence-corrected chi connectivity index (χ4v) is 3.21. The van der Waals surface area contributed by atoms with E-state index in [2.05, 4.69) is 39.9 Å². The maximum Gasteiger partial charge on any atom is 0.224 e. The molecule has 4 nitrogen and oxygen atoms in total. The van der Waals surface area contributed by atoms with E-state index in [9.17, 15) is 4.79 Å². The van der Waals surface area contributed by atoms with E-state index in [1.807, 2.05) is 55.5 Å². The Labute approximate surface area is 166 Å². The van der Waals surface area contributed by atoms with Crippen LogP contribution in [-0.4, -0.2) is 16.9 Å². The van der Waals surface area contributed by atoms with Gasteiger partial charge < -0.3 is 10.6 Å². The minimum atomic E-state index is -0.128. The molecule has 1 atom stereocenters. The summed E-state index contributed by atoms with van der Waals surface area (Å²) in [7, 11) is 0. The SMILES string of the molecule is C[C@@H](NC(=O)Cc1ccc(-c2ccccc2)cc1)c1cccc(NC2CC2)n1. The van der Waals surface area contributed by atoms with Crippen molar-refractivity contribution in [1.82, 2.24) is 10.3 Å². The van der Waals surface area contributed by atoms with Crippen LogP contribution in [0.3, 0.4) is 0 Å². The van der Waals surface area contributed by atoms with Crippen molar-refractivity contribution in [3.63, 3.8) is 0 Å². The average molecular weight is 371 g/mol. The predicted octanol–water partition coefficient (Wildman–Crippen LogP) is 4.74. The van der Waals surface area contributed by atoms with Gasteiger partial charge >= 0.3 is 0 Å². The fourth-order valence-electron chi connectivity index (χ4n) is 3.21. The number of carbonyl (C=O) groups excluding carboxylic acids is 1. The minimum Gasteiger partial charge on any atom is -0.367 e. The molecule has 0 bridgehead atoms. The van der Waals surface area contributed by atoms with Gasteiger partial charge in [-0.25, -0.2) is 4.98 Å². The summed E-state index contributed by atoms with van der Waals surface area (Å²) in [4.78, 5) is 17.1. The van der Waals surface area contributed by atoms with Gasteiger partial charge in [-0.1, -0.05) is 60.7 Å². The average Bonchev–Trinajstić information content (AvgIpc) is 3.53. The summed E-state index contributed by atoms with van der Waals surface area (Å²) in [5.74, 6) is 0.889. The Morgan fingerprint density at radius 3 is 2.39 bits per heavy atom. The number of hydrogen-bond donors (Lipinski definition) is 2. The van der Waals surface area contributed by atoms with Gasteiger partial charge in [0.1, 0.15) is 5.82 Å². The van der Waals surface area contributed by atoms with Crippen molar-refractivity contribution in [2.75, 3.05) is 5.32 Å². The van der Waals surface area contributed by atoms with Gasteiger partial charge in [0.2, 0.25) is 5.91 Å². The molecule has 0 spiro atoms. The Hall–Kier alpha value is -3.14. The molecule has 4 rings (SSSR count). The van der Waals surface area contributed by atoms with Crippen LogP contribution in [0.1, 0.15) is 37.1 Å². The predicted molar refractivity (Wildman–Crippen MR) is 113 cm³/mol. The number of aromatic nitrogens is 1. The number of nitrogens with zero attached hydrogens (tertiary/aromatic N) is 1. The maximum atomic E-state index is 12.5. The van der Waals surface area contributed by atoms with E-state index in [-0.39, 0.29) is 11.9 Å². The van der Waals surface area contributed by atoms with Crippen LogP contribution in [0, 0.1) is 0 Å². The summed E-state index contributed by atoms with van der Waals surface area (Å²) in [5.41, 5.74) is 4.21. The zero-order chi connectivity index (χ0) is 19.3. The van der Waals surface area contributed by atoms with Crippen LogP contribution in [0.25, 0.3) is 11.1 Å². The number of rotatable bonds is 7. The lowest BCUT2D eigenvalue weighted by Crippen LogP contribution is -2.28. The van der Waals surface area contributed by atoms with E-state index in [1.54, 1.807) is 0 Å². The zero-order valence-electron chi connectivity index (χ0n) is 16.1. The normalized spacial score (nSPS) is 14.3. The first kappa shape index (κ1) is 18.2. The minimum absolute atomic E-state index is 0.00214. The van der Waals surface area contributed by atoms with Gasteiger partial charge in [-0.2, -0.15) is 0 Å². The molecular weight excluding hydrogens is 346 g/mol. The fraction of sp³-hybridized carbons (Fsp3) is 0.250. The van der Waals surface area contributed by atoms with Crippen LogP contribution in [0.4, 0.5) is 5.82 Å². The Bertz CT molecular complexity index is 934. The molecule has 142 valence electrons. The summed E-state index contributed by atoms with van der Waals surface area (Å²) in [6.07, 6.45) is 2.78. The van der Waals surface area contributed by atoms with E-state index >= 15 is 0 Å². The summed E-state index contributed by atoms with van der Waals surface area (Å²) in [6.45, 7) is 1.97. The first-order valence-corrected chi connectivity index (χ1v) is 9.84. The second kappa shape index (κ2) is 8.26. The van der Waals surface area contributed by atoms with Gasteiger partial charge in [0.05, 0.1) is 18.2 Å². The van der Waals surface area contributed by atoms with E-state index in [4.69, 9.17) is 0 Å². The molecule has 2 N–H and O–H groups in total. The number of pyridine rings is 1. The second-order valence-corrected chi connectivity index (χ2v) is 7.40. The molecule has 0 radical (unpaired) electrons. The van der Waals surface area contributed by atoms with Gasteiger partial charge in [-0.3, -0.25) is 4.79 Å². The van der Waals surface area contributed by atoms with Crippen LogP contribution in [0.2, 0.25) is 0 Å². The van der Waals surface area contributed by atoms with Crippen LogP contribution in [0.5, 0.6) is 0 Å². The van der Waals surface area contributed by atoms with Crippen LogP contribution < -0.4 is 10.6 Å². The number of nitrogens with one attached hydrogen (secondary N) is 2. The van der Waals surface area contributed by atoms with Crippen molar-refractivity contribution in [3.05, 3.63) is 84.1 Å². The Kier molecular flexibility index (Phi) is 5.38. The molecule has 1 heterocycles. The maximum absolute atomic E-state index is 12.5. The standard InChI is InChI=1S/C24H25N3O/c1-17(22-8-5-9-23(27-22)26-21-14-15-21)25-24(28)16-18-10-12-20(13-11-18)19-6-3-2-4-7-19/h2-13,17,21H,14-16H2,1H3,(H,25,28)(H,26,27)/t17-/m1/s1. The topological polar surface area (TPSA) is 54.0 Å². The van der Waals surface area contributed by atoms with Gasteiger partial charge in [-0.05, 0) is 48.6 Å². The molecule has 1 fully saturated rings. The van der Waals surface area contributed by atoms with Crippen molar-refractivity contribution in [3.8, 4) is 11.1 Å². The molecule has 0 aliphatic heterocycles. The lowest BCUT2D eigenvalue weighted by molar-refractivity contribution is -0.121. The molecule has 0 unspecified atom stereocenters.